The van der Waals surface area contributed by atoms with E-state index in [0.717, 1.165) is 24.6 Å². The second-order valence-corrected chi connectivity index (χ2v) is 5.26. The maximum atomic E-state index is 4.74. The molecule has 0 aromatic carbocycles. The fourth-order valence-corrected chi connectivity index (χ4v) is 2.79. The Kier molecular flexibility index (Phi) is 3.34. The van der Waals surface area contributed by atoms with Crippen molar-refractivity contribution < 1.29 is 0 Å². The van der Waals surface area contributed by atoms with Gasteiger partial charge >= 0.3 is 0 Å². The van der Waals surface area contributed by atoms with Crippen molar-refractivity contribution in [3.63, 3.8) is 0 Å². The predicted molar refractivity (Wildman–Crippen MR) is 75.7 cm³/mol. The lowest BCUT2D eigenvalue weighted by Gasteiger charge is -2.23. The van der Waals surface area contributed by atoms with Crippen molar-refractivity contribution in [3.05, 3.63) is 41.7 Å². The van der Waals surface area contributed by atoms with Gasteiger partial charge in [0.15, 0.2) is 0 Å². The van der Waals surface area contributed by atoms with E-state index in [1.807, 2.05) is 19.3 Å². The van der Waals surface area contributed by atoms with Crippen LogP contribution in [-0.2, 0) is 0 Å². The molecule has 2 aromatic rings. The Balaban J connectivity index is 1.98. The Morgan fingerprint density at radius 1 is 1.21 bits per heavy atom. The summed E-state index contributed by atoms with van der Waals surface area (Å²) in [5.74, 6) is 1.60. The molecule has 3 rings (SSSR count). The van der Waals surface area contributed by atoms with E-state index in [0.29, 0.717) is 5.92 Å². The SMILES string of the molecule is Cc1cc(-n2ccnc2C)cc(C2CCNCC2)n1. The molecule has 1 aliphatic rings. The first kappa shape index (κ1) is 12.4. The molecule has 4 nitrogen and oxygen atoms in total. The van der Waals surface area contributed by atoms with Crippen LogP contribution in [0.15, 0.2) is 24.5 Å². The highest BCUT2D eigenvalue weighted by Gasteiger charge is 2.17. The summed E-state index contributed by atoms with van der Waals surface area (Å²) in [4.78, 5) is 9.03. The molecule has 0 bridgehead atoms. The molecule has 4 heteroatoms. The van der Waals surface area contributed by atoms with E-state index in [1.165, 1.54) is 24.2 Å². The van der Waals surface area contributed by atoms with Crippen molar-refractivity contribution in [2.75, 3.05) is 13.1 Å². The van der Waals surface area contributed by atoms with Crippen molar-refractivity contribution in [2.45, 2.75) is 32.6 Å². The smallest absolute Gasteiger partial charge is 0.110 e. The standard InChI is InChI=1S/C15H20N4/c1-11-9-14(19-8-7-17-12(19)2)10-15(18-11)13-3-5-16-6-4-13/h7-10,13,16H,3-6H2,1-2H3. The first-order valence-corrected chi connectivity index (χ1v) is 6.93. The molecular weight excluding hydrogens is 236 g/mol. The third-order valence-corrected chi connectivity index (χ3v) is 3.82. The zero-order valence-corrected chi connectivity index (χ0v) is 11.6. The molecule has 0 spiro atoms. The van der Waals surface area contributed by atoms with Crippen LogP contribution in [0.3, 0.4) is 0 Å². The number of aromatic nitrogens is 3. The molecule has 19 heavy (non-hydrogen) atoms. The topological polar surface area (TPSA) is 42.7 Å². The van der Waals surface area contributed by atoms with E-state index in [4.69, 9.17) is 4.98 Å². The lowest BCUT2D eigenvalue weighted by molar-refractivity contribution is 0.452. The molecule has 0 amide bonds. The van der Waals surface area contributed by atoms with E-state index in [-0.39, 0.29) is 0 Å². The molecule has 0 saturated carbocycles. The monoisotopic (exact) mass is 256 g/mol. The number of hydrogen-bond acceptors (Lipinski definition) is 3. The summed E-state index contributed by atoms with van der Waals surface area (Å²) in [6, 6.07) is 4.34. The van der Waals surface area contributed by atoms with Crippen LogP contribution >= 0.6 is 0 Å². The third-order valence-electron chi connectivity index (χ3n) is 3.82. The summed E-state index contributed by atoms with van der Waals surface area (Å²) in [5.41, 5.74) is 3.49. The molecule has 1 fully saturated rings. The largest absolute Gasteiger partial charge is 0.317 e. The normalized spacial score (nSPS) is 16.7. The summed E-state index contributed by atoms with van der Waals surface area (Å²) in [6.45, 7) is 6.29. The maximum Gasteiger partial charge on any atom is 0.110 e. The number of piperidine rings is 1. The highest BCUT2D eigenvalue weighted by molar-refractivity contribution is 5.37. The Labute approximate surface area is 113 Å². The molecule has 1 aliphatic heterocycles. The summed E-state index contributed by atoms with van der Waals surface area (Å²) in [5, 5.41) is 3.41. The van der Waals surface area contributed by atoms with Gasteiger partial charge in [0.05, 0.1) is 5.69 Å². The second-order valence-electron chi connectivity index (χ2n) is 5.26. The predicted octanol–water partition coefficient (Wildman–Crippen LogP) is 2.35. The molecule has 2 aromatic heterocycles. The van der Waals surface area contributed by atoms with Crippen molar-refractivity contribution >= 4 is 0 Å². The summed E-state index contributed by atoms with van der Waals surface area (Å²) in [6.07, 6.45) is 6.21. The minimum absolute atomic E-state index is 0.587. The average Bonchev–Trinajstić information content (AvgIpc) is 2.85. The van der Waals surface area contributed by atoms with Crippen LogP contribution < -0.4 is 5.32 Å². The Morgan fingerprint density at radius 2 is 2.00 bits per heavy atom. The van der Waals surface area contributed by atoms with E-state index in [1.54, 1.807) is 0 Å². The number of imidazole rings is 1. The van der Waals surface area contributed by atoms with Gasteiger partial charge in [-0.05, 0) is 51.9 Å². The quantitative estimate of drug-likeness (QED) is 0.897. The molecule has 0 radical (unpaired) electrons. The Morgan fingerprint density at radius 3 is 2.68 bits per heavy atom. The minimum atomic E-state index is 0.587. The number of nitrogens with zero attached hydrogens (tertiary/aromatic N) is 3. The van der Waals surface area contributed by atoms with Crippen LogP contribution in [0, 0.1) is 13.8 Å². The van der Waals surface area contributed by atoms with Gasteiger partial charge < -0.3 is 9.88 Å². The average molecular weight is 256 g/mol. The van der Waals surface area contributed by atoms with Crippen molar-refractivity contribution in [3.8, 4) is 5.69 Å². The van der Waals surface area contributed by atoms with Gasteiger partial charge in [0.25, 0.3) is 0 Å². The van der Waals surface area contributed by atoms with Crippen LogP contribution in [0.25, 0.3) is 5.69 Å². The molecule has 0 atom stereocenters. The summed E-state index contributed by atoms with van der Waals surface area (Å²) >= 11 is 0. The van der Waals surface area contributed by atoms with Crippen LogP contribution in [0.1, 0.15) is 36.0 Å². The number of aryl methyl sites for hydroxylation is 2. The van der Waals surface area contributed by atoms with Gasteiger partial charge in [-0.3, -0.25) is 4.98 Å². The van der Waals surface area contributed by atoms with Crippen molar-refractivity contribution in [2.24, 2.45) is 0 Å². The van der Waals surface area contributed by atoms with Crippen LogP contribution in [0.4, 0.5) is 0 Å². The van der Waals surface area contributed by atoms with E-state index < -0.39 is 0 Å². The van der Waals surface area contributed by atoms with Crippen molar-refractivity contribution in [1.82, 2.24) is 19.9 Å². The number of nitrogens with one attached hydrogen (secondary N) is 1. The number of hydrogen-bond donors (Lipinski definition) is 1. The lowest BCUT2D eigenvalue weighted by Crippen LogP contribution is -2.27. The van der Waals surface area contributed by atoms with Gasteiger partial charge in [-0.1, -0.05) is 0 Å². The molecule has 0 unspecified atom stereocenters. The second kappa shape index (κ2) is 5.13. The summed E-state index contributed by atoms with van der Waals surface area (Å²) < 4.78 is 2.12. The zero-order chi connectivity index (χ0) is 13.2. The van der Waals surface area contributed by atoms with Crippen molar-refractivity contribution in [1.29, 1.82) is 0 Å². The zero-order valence-electron chi connectivity index (χ0n) is 11.6. The third kappa shape index (κ3) is 2.54. The molecule has 3 heterocycles. The molecule has 1 N–H and O–H groups in total. The lowest BCUT2D eigenvalue weighted by atomic mass is 9.93. The highest BCUT2D eigenvalue weighted by Crippen LogP contribution is 2.26. The van der Waals surface area contributed by atoms with E-state index in [9.17, 15) is 0 Å². The summed E-state index contributed by atoms with van der Waals surface area (Å²) in [7, 11) is 0. The minimum Gasteiger partial charge on any atom is -0.317 e. The van der Waals surface area contributed by atoms with Gasteiger partial charge in [-0.15, -0.1) is 0 Å². The Hall–Kier alpha value is -1.68. The van der Waals surface area contributed by atoms with Crippen LogP contribution in [0.5, 0.6) is 0 Å². The highest BCUT2D eigenvalue weighted by atomic mass is 15.1. The van der Waals surface area contributed by atoms with Gasteiger partial charge in [-0.2, -0.15) is 0 Å². The first-order chi connectivity index (χ1) is 9.24. The van der Waals surface area contributed by atoms with Gasteiger partial charge in [-0.25, -0.2) is 4.98 Å². The fraction of sp³-hybridized carbons (Fsp3) is 0.467. The van der Waals surface area contributed by atoms with E-state index >= 15 is 0 Å². The van der Waals surface area contributed by atoms with Gasteiger partial charge in [0, 0.05) is 29.7 Å². The first-order valence-electron chi connectivity index (χ1n) is 6.93. The van der Waals surface area contributed by atoms with Gasteiger partial charge in [0.2, 0.25) is 0 Å². The van der Waals surface area contributed by atoms with Crippen LogP contribution in [0.2, 0.25) is 0 Å². The Bertz CT molecular complexity index is 567. The van der Waals surface area contributed by atoms with Gasteiger partial charge in [0.1, 0.15) is 5.82 Å². The number of rotatable bonds is 2. The number of pyridine rings is 1. The molecule has 1 saturated heterocycles. The fourth-order valence-electron chi connectivity index (χ4n) is 2.79. The van der Waals surface area contributed by atoms with Crippen LogP contribution in [-0.4, -0.2) is 27.6 Å². The molecular formula is C15H20N4. The molecule has 0 aliphatic carbocycles. The maximum absolute atomic E-state index is 4.74. The molecule has 100 valence electrons. The van der Waals surface area contributed by atoms with E-state index in [2.05, 4.69) is 33.9 Å².